The maximum Gasteiger partial charge on any atom is 0.242 e. The molecule has 0 aliphatic heterocycles. The van der Waals surface area contributed by atoms with E-state index in [1.54, 1.807) is 19.2 Å². The Kier molecular flexibility index (Phi) is 4.79. The van der Waals surface area contributed by atoms with Gasteiger partial charge in [-0.05, 0) is 43.0 Å². The van der Waals surface area contributed by atoms with E-state index in [0.717, 1.165) is 12.8 Å². The fourth-order valence-electron chi connectivity index (χ4n) is 2.71. The van der Waals surface area contributed by atoms with Crippen molar-refractivity contribution in [3.63, 3.8) is 0 Å². The Morgan fingerprint density at radius 1 is 1.20 bits per heavy atom. The minimum atomic E-state index is -3.44. The first-order valence-electron chi connectivity index (χ1n) is 7.00. The first-order valence-corrected chi connectivity index (χ1v) is 8.44. The van der Waals surface area contributed by atoms with E-state index < -0.39 is 10.0 Å². The number of hydrogen-bond donors (Lipinski definition) is 0. The molecular weight excluding hydrogens is 272 g/mol. The molecule has 4 nitrogen and oxygen atoms in total. The Labute approximate surface area is 121 Å². The third kappa shape index (κ3) is 3.38. The van der Waals surface area contributed by atoms with Crippen LogP contribution in [0.5, 0.6) is 0 Å². The smallest absolute Gasteiger partial charge is 0.207 e. The van der Waals surface area contributed by atoms with Gasteiger partial charge < -0.3 is 0 Å². The van der Waals surface area contributed by atoms with Crippen LogP contribution >= 0.6 is 0 Å². The number of hydrogen-bond acceptors (Lipinski definition) is 3. The van der Waals surface area contributed by atoms with Gasteiger partial charge in [-0.15, -0.1) is 0 Å². The summed E-state index contributed by atoms with van der Waals surface area (Å²) in [5.74, 6) is 0.474. The van der Waals surface area contributed by atoms with Gasteiger partial charge >= 0.3 is 0 Å². The van der Waals surface area contributed by atoms with Gasteiger partial charge in [0.2, 0.25) is 10.0 Å². The second-order valence-electron chi connectivity index (χ2n) is 5.43. The molecule has 0 unspecified atom stereocenters. The minimum absolute atomic E-state index is 0.259. The van der Waals surface area contributed by atoms with Gasteiger partial charge in [0.15, 0.2) is 0 Å². The summed E-state index contributed by atoms with van der Waals surface area (Å²) in [5.41, 5.74) is 0.471. The van der Waals surface area contributed by atoms with Crippen molar-refractivity contribution in [1.29, 1.82) is 5.26 Å². The van der Waals surface area contributed by atoms with Crippen LogP contribution in [0.4, 0.5) is 0 Å². The first-order chi connectivity index (χ1) is 9.54. The molecule has 0 amide bonds. The average molecular weight is 292 g/mol. The van der Waals surface area contributed by atoms with Crippen LogP contribution in [0.15, 0.2) is 29.2 Å². The zero-order valence-corrected chi connectivity index (χ0v) is 12.6. The highest BCUT2D eigenvalue weighted by Crippen LogP contribution is 2.26. The number of benzene rings is 1. The fraction of sp³-hybridized carbons (Fsp3) is 0.533. The van der Waals surface area contributed by atoms with E-state index >= 15 is 0 Å². The third-order valence-electron chi connectivity index (χ3n) is 3.93. The van der Waals surface area contributed by atoms with Crippen LogP contribution in [0.1, 0.15) is 37.7 Å². The molecule has 1 aromatic carbocycles. The monoisotopic (exact) mass is 292 g/mol. The number of nitriles is 1. The lowest BCUT2D eigenvalue weighted by molar-refractivity contribution is 0.300. The highest BCUT2D eigenvalue weighted by Gasteiger charge is 2.24. The molecule has 0 aromatic heterocycles. The molecule has 0 N–H and O–H groups in total. The molecule has 20 heavy (non-hydrogen) atoms. The summed E-state index contributed by atoms with van der Waals surface area (Å²) in [5, 5.41) is 8.75. The Bertz CT molecular complexity index is 581. The maximum atomic E-state index is 12.4. The molecule has 1 fully saturated rings. The van der Waals surface area contributed by atoms with Crippen molar-refractivity contribution in [2.75, 3.05) is 13.6 Å². The topological polar surface area (TPSA) is 61.2 Å². The van der Waals surface area contributed by atoms with Gasteiger partial charge in [0.1, 0.15) is 0 Å². The first kappa shape index (κ1) is 15.0. The second kappa shape index (κ2) is 6.38. The predicted molar refractivity (Wildman–Crippen MR) is 77.5 cm³/mol. The van der Waals surface area contributed by atoms with Crippen LogP contribution in [0.25, 0.3) is 0 Å². The van der Waals surface area contributed by atoms with E-state index in [-0.39, 0.29) is 4.90 Å². The largest absolute Gasteiger partial charge is 0.242 e. The number of sulfonamides is 1. The van der Waals surface area contributed by atoms with Gasteiger partial charge in [0.25, 0.3) is 0 Å². The van der Waals surface area contributed by atoms with Crippen molar-refractivity contribution in [2.24, 2.45) is 5.92 Å². The zero-order chi connectivity index (χ0) is 14.6. The van der Waals surface area contributed by atoms with Gasteiger partial charge in [-0.25, -0.2) is 12.7 Å². The lowest BCUT2D eigenvalue weighted by Gasteiger charge is -2.26. The van der Waals surface area contributed by atoms with Gasteiger partial charge in [0, 0.05) is 13.6 Å². The molecule has 0 heterocycles. The fourth-order valence-corrected chi connectivity index (χ4v) is 3.96. The summed E-state index contributed by atoms with van der Waals surface area (Å²) in [4.78, 5) is 0.259. The molecular formula is C15H20N2O2S. The Hall–Kier alpha value is -1.38. The zero-order valence-electron chi connectivity index (χ0n) is 11.7. The van der Waals surface area contributed by atoms with Crippen molar-refractivity contribution in [3.05, 3.63) is 29.8 Å². The molecule has 5 heteroatoms. The van der Waals surface area contributed by atoms with E-state index in [4.69, 9.17) is 5.26 Å². The highest BCUT2D eigenvalue weighted by molar-refractivity contribution is 7.89. The summed E-state index contributed by atoms with van der Waals surface area (Å²) in [6.07, 6.45) is 5.91. The van der Waals surface area contributed by atoms with E-state index in [9.17, 15) is 8.42 Å². The average Bonchev–Trinajstić information content (AvgIpc) is 2.48. The standard InChI is InChI=1S/C15H20N2O2S/c1-17(12-14-5-3-2-4-6-14)20(18,19)15-9-7-13(11-16)8-10-15/h7-10,14H,2-6,12H2,1H3. The summed E-state index contributed by atoms with van der Waals surface area (Å²) < 4.78 is 26.3. The molecule has 108 valence electrons. The number of nitrogens with zero attached hydrogens (tertiary/aromatic N) is 2. The third-order valence-corrected chi connectivity index (χ3v) is 5.77. The van der Waals surface area contributed by atoms with Gasteiger partial charge in [-0.1, -0.05) is 19.3 Å². The van der Waals surface area contributed by atoms with Crippen LogP contribution < -0.4 is 0 Å². The Morgan fingerprint density at radius 2 is 1.80 bits per heavy atom. The molecule has 0 saturated heterocycles. The van der Waals surface area contributed by atoms with E-state index in [1.165, 1.54) is 35.7 Å². The van der Waals surface area contributed by atoms with Crippen LogP contribution in [0.2, 0.25) is 0 Å². The lowest BCUT2D eigenvalue weighted by Crippen LogP contribution is -2.32. The molecule has 2 rings (SSSR count). The van der Waals surface area contributed by atoms with Crippen molar-refractivity contribution in [3.8, 4) is 6.07 Å². The predicted octanol–water partition coefficient (Wildman–Crippen LogP) is 2.76. The molecule has 0 atom stereocenters. The molecule has 1 aliphatic carbocycles. The quantitative estimate of drug-likeness (QED) is 0.857. The SMILES string of the molecule is CN(CC1CCCCC1)S(=O)(=O)c1ccc(C#N)cc1. The summed E-state index contributed by atoms with van der Waals surface area (Å²) in [7, 11) is -1.80. The molecule has 1 aromatic rings. The molecule has 0 bridgehead atoms. The summed E-state index contributed by atoms with van der Waals surface area (Å²) in [6.45, 7) is 0.586. The Morgan fingerprint density at radius 3 is 2.35 bits per heavy atom. The van der Waals surface area contributed by atoms with E-state index in [1.807, 2.05) is 6.07 Å². The summed E-state index contributed by atoms with van der Waals surface area (Å²) in [6, 6.07) is 8.09. The van der Waals surface area contributed by atoms with E-state index in [0.29, 0.717) is 18.0 Å². The molecule has 1 aliphatic rings. The van der Waals surface area contributed by atoms with Crippen LogP contribution in [-0.4, -0.2) is 26.3 Å². The van der Waals surface area contributed by atoms with E-state index in [2.05, 4.69) is 0 Å². The Balaban J connectivity index is 2.09. The van der Waals surface area contributed by atoms with Crippen molar-refractivity contribution in [2.45, 2.75) is 37.0 Å². The van der Waals surface area contributed by atoms with Crippen LogP contribution in [0, 0.1) is 17.2 Å². The second-order valence-corrected chi connectivity index (χ2v) is 7.47. The highest BCUT2D eigenvalue weighted by atomic mass is 32.2. The van der Waals surface area contributed by atoms with Gasteiger partial charge in [-0.2, -0.15) is 5.26 Å². The molecule has 0 radical (unpaired) electrons. The number of rotatable bonds is 4. The van der Waals surface area contributed by atoms with Crippen LogP contribution in [0.3, 0.4) is 0 Å². The maximum absolute atomic E-state index is 12.4. The molecule has 0 spiro atoms. The van der Waals surface area contributed by atoms with Gasteiger partial charge in [-0.3, -0.25) is 0 Å². The normalized spacial score (nSPS) is 17.1. The summed E-state index contributed by atoms with van der Waals surface area (Å²) >= 11 is 0. The minimum Gasteiger partial charge on any atom is -0.207 e. The molecule has 1 saturated carbocycles. The van der Waals surface area contributed by atoms with Crippen molar-refractivity contribution >= 4 is 10.0 Å². The van der Waals surface area contributed by atoms with Crippen LogP contribution in [-0.2, 0) is 10.0 Å². The van der Waals surface area contributed by atoms with Gasteiger partial charge in [0.05, 0.1) is 16.5 Å². The lowest BCUT2D eigenvalue weighted by atomic mass is 9.89. The van der Waals surface area contributed by atoms with Crippen molar-refractivity contribution in [1.82, 2.24) is 4.31 Å². The van der Waals surface area contributed by atoms with Crippen molar-refractivity contribution < 1.29 is 8.42 Å².